The molecule has 0 saturated carbocycles. The van der Waals surface area contributed by atoms with Gasteiger partial charge in [0.2, 0.25) is 0 Å². The molecular weight excluding hydrogens is 231 g/mol. The van der Waals surface area contributed by atoms with Crippen LogP contribution in [0.25, 0.3) is 0 Å². The average Bonchev–Trinajstić information content (AvgIpc) is 2.34. The minimum absolute atomic E-state index is 0.355. The number of benzene rings is 1. The molecule has 0 unspecified atom stereocenters. The minimum atomic E-state index is -0.489. The summed E-state index contributed by atoms with van der Waals surface area (Å²) >= 11 is 0. The SMILES string of the molecule is CCCCc1cc(OC(C)=O)cc([C](C)CF)c1. The van der Waals surface area contributed by atoms with E-state index in [1.165, 1.54) is 6.92 Å². The number of aryl methyl sites for hydroxylation is 1. The van der Waals surface area contributed by atoms with E-state index in [1.54, 1.807) is 13.0 Å². The number of rotatable bonds is 6. The van der Waals surface area contributed by atoms with Crippen LogP contribution in [0.2, 0.25) is 0 Å². The summed E-state index contributed by atoms with van der Waals surface area (Å²) in [6.07, 6.45) is 3.08. The largest absolute Gasteiger partial charge is 0.427 e. The van der Waals surface area contributed by atoms with Crippen LogP contribution >= 0.6 is 0 Å². The van der Waals surface area contributed by atoms with Crippen LogP contribution in [0, 0.1) is 5.92 Å². The van der Waals surface area contributed by atoms with Crippen molar-refractivity contribution < 1.29 is 13.9 Å². The number of hydrogen-bond donors (Lipinski definition) is 0. The van der Waals surface area contributed by atoms with Gasteiger partial charge in [-0.15, -0.1) is 0 Å². The van der Waals surface area contributed by atoms with E-state index in [2.05, 4.69) is 6.92 Å². The number of hydrogen-bond acceptors (Lipinski definition) is 2. The molecule has 0 spiro atoms. The Morgan fingerprint density at radius 2 is 2.00 bits per heavy atom. The van der Waals surface area contributed by atoms with Gasteiger partial charge in [0.25, 0.3) is 0 Å². The van der Waals surface area contributed by atoms with Crippen molar-refractivity contribution in [2.45, 2.75) is 40.0 Å². The van der Waals surface area contributed by atoms with Crippen molar-refractivity contribution in [1.29, 1.82) is 0 Å². The number of halogens is 1. The first-order valence-corrected chi connectivity index (χ1v) is 6.28. The highest BCUT2D eigenvalue weighted by atomic mass is 19.1. The lowest BCUT2D eigenvalue weighted by molar-refractivity contribution is -0.131. The maximum atomic E-state index is 12.7. The predicted octanol–water partition coefficient (Wildman–Crippen LogP) is 3.87. The number of carbonyl (C=O) groups is 1. The molecule has 18 heavy (non-hydrogen) atoms. The van der Waals surface area contributed by atoms with Gasteiger partial charge in [0.1, 0.15) is 5.75 Å². The van der Waals surface area contributed by atoms with Crippen LogP contribution in [-0.4, -0.2) is 12.6 Å². The molecule has 0 aliphatic rings. The molecule has 0 fully saturated rings. The first kappa shape index (κ1) is 14.7. The fourth-order valence-corrected chi connectivity index (χ4v) is 1.73. The smallest absolute Gasteiger partial charge is 0.308 e. The van der Waals surface area contributed by atoms with Gasteiger partial charge in [0, 0.05) is 12.8 Å². The zero-order valence-electron chi connectivity index (χ0n) is 11.3. The van der Waals surface area contributed by atoms with Crippen molar-refractivity contribution in [2.24, 2.45) is 0 Å². The highest BCUT2D eigenvalue weighted by Gasteiger charge is 2.10. The number of ether oxygens (including phenoxy) is 1. The Morgan fingerprint density at radius 1 is 1.28 bits per heavy atom. The summed E-state index contributed by atoms with van der Waals surface area (Å²) in [7, 11) is 0. The Labute approximate surface area is 108 Å². The van der Waals surface area contributed by atoms with E-state index >= 15 is 0 Å². The van der Waals surface area contributed by atoms with Gasteiger partial charge in [-0.2, -0.15) is 0 Å². The van der Waals surface area contributed by atoms with Crippen LogP contribution in [0.5, 0.6) is 5.75 Å². The molecule has 2 nitrogen and oxygen atoms in total. The normalized spacial score (nSPS) is 10.7. The molecule has 0 amide bonds. The summed E-state index contributed by atoms with van der Waals surface area (Å²) in [5.74, 6) is 0.798. The van der Waals surface area contributed by atoms with Crippen molar-refractivity contribution in [1.82, 2.24) is 0 Å². The summed E-state index contributed by atoms with van der Waals surface area (Å²) in [4.78, 5) is 11.0. The molecule has 0 heterocycles. The molecule has 0 aliphatic heterocycles. The Kier molecular flexibility index (Phi) is 5.83. The van der Waals surface area contributed by atoms with E-state index < -0.39 is 6.67 Å². The van der Waals surface area contributed by atoms with Crippen LogP contribution in [0.15, 0.2) is 18.2 Å². The van der Waals surface area contributed by atoms with Crippen LogP contribution in [0.4, 0.5) is 4.39 Å². The molecular formula is C15H20FO2. The third-order valence-corrected chi connectivity index (χ3v) is 2.74. The standard InChI is InChI=1S/C15H20FO2/c1-4-5-6-13-7-14(11(2)10-16)9-15(8-13)18-12(3)17/h7-9H,4-6,10H2,1-3H3. The fourth-order valence-electron chi connectivity index (χ4n) is 1.73. The maximum absolute atomic E-state index is 12.7. The van der Waals surface area contributed by atoms with E-state index in [9.17, 15) is 9.18 Å². The number of alkyl halides is 1. The third-order valence-electron chi connectivity index (χ3n) is 2.74. The predicted molar refractivity (Wildman–Crippen MR) is 70.4 cm³/mol. The second kappa shape index (κ2) is 7.14. The zero-order chi connectivity index (χ0) is 13.5. The van der Waals surface area contributed by atoms with E-state index in [1.807, 2.05) is 12.1 Å². The van der Waals surface area contributed by atoms with Crippen molar-refractivity contribution >= 4 is 5.97 Å². The lowest BCUT2D eigenvalue weighted by Crippen LogP contribution is -2.04. The molecule has 1 aromatic carbocycles. The van der Waals surface area contributed by atoms with E-state index in [0.717, 1.165) is 30.4 Å². The van der Waals surface area contributed by atoms with Crippen LogP contribution < -0.4 is 4.74 Å². The molecule has 99 valence electrons. The van der Waals surface area contributed by atoms with E-state index in [4.69, 9.17) is 4.74 Å². The second-order valence-corrected chi connectivity index (χ2v) is 4.48. The molecule has 0 atom stereocenters. The molecule has 0 bridgehead atoms. The van der Waals surface area contributed by atoms with Gasteiger partial charge in [-0.25, -0.2) is 0 Å². The molecule has 0 aliphatic carbocycles. The third kappa shape index (κ3) is 4.47. The van der Waals surface area contributed by atoms with Crippen molar-refractivity contribution in [3.05, 3.63) is 35.2 Å². The highest BCUT2D eigenvalue weighted by Crippen LogP contribution is 2.24. The van der Waals surface area contributed by atoms with Gasteiger partial charge >= 0.3 is 5.97 Å². The fraction of sp³-hybridized carbons (Fsp3) is 0.467. The quantitative estimate of drug-likeness (QED) is 0.566. The Hall–Kier alpha value is -1.38. The monoisotopic (exact) mass is 251 g/mol. The van der Waals surface area contributed by atoms with Gasteiger partial charge in [0.05, 0.1) is 6.67 Å². The van der Waals surface area contributed by atoms with Gasteiger partial charge < -0.3 is 4.74 Å². The summed E-state index contributed by atoms with van der Waals surface area (Å²) in [5.41, 5.74) is 1.89. The summed E-state index contributed by atoms with van der Waals surface area (Å²) in [5, 5.41) is 0. The van der Waals surface area contributed by atoms with Gasteiger partial charge in [-0.1, -0.05) is 26.3 Å². The van der Waals surface area contributed by atoms with Gasteiger partial charge in [0.15, 0.2) is 0 Å². The molecule has 1 radical (unpaired) electrons. The Bertz CT molecular complexity index is 401. The number of unbranched alkanes of at least 4 members (excludes halogenated alkanes) is 1. The first-order chi connectivity index (χ1) is 8.56. The molecule has 0 aromatic heterocycles. The summed E-state index contributed by atoms with van der Waals surface area (Å²) in [6, 6.07) is 5.54. The first-order valence-electron chi connectivity index (χ1n) is 6.28. The second-order valence-electron chi connectivity index (χ2n) is 4.48. The van der Waals surface area contributed by atoms with E-state index in [0.29, 0.717) is 11.7 Å². The molecule has 0 saturated heterocycles. The lowest BCUT2D eigenvalue weighted by Gasteiger charge is -2.12. The number of esters is 1. The Balaban J connectivity index is 2.99. The summed E-state index contributed by atoms with van der Waals surface area (Å²) in [6.45, 7) is 4.74. The molecule has 3 heteroatoms. The minimum Gasteiger partial charge on any atom is -0.427 e. The van der Waals surface area contributed by atoms with Crippen LogP contribution in [0.1, 0.15) is 44.7 Å². The zero-order valence-corrected chi connectivity index (χ0v) is 11.3. The van der Waals surface area contributed by atoms with Crippen molar-refractivity contribution in [2.75, 3.05) is 6.67 Å². The lowest BCUT2D eigenvalue weighted by atomic mass is 9.97. The number of carbonyl (C=O) groups excluding carboxylic acids is 1. The van der Waals surface area contributed by atoms with E-state index in [-0.39, 0.29) is 5.97 Å². The van der Waals surface area contributed by atoms with Crippen molar-refractivity contribution in [3.63, 3.8) is 0 Å². The van der Waals surface area contributed by atoms with Crippen LogP contribution in [-0.2, 0) is 11.2 Å². The topological polar surface area (TPSA) is 26.3 Å². The van der Waals surface area contributed by atoms with Gasteiger partial charge in [-0.05, 0) is 36.1 Å². The summed E-state index contributed by atoms with van der Waals surface area (Å²) < 4.78 is 17.8. The van der Waals surface area contributed by atoms with Gasteiger partial charge in [-0.3, -0.25) is 9.18 Å². The van der Waals surface area contributed by atoms with Crippen molar-refractivity contribution in [3.8, 4) is 5.75 Å². The van der Waals surface area contributed by atoms with Crippen LogP contribution in [0.3, 0.4) is 0 Å². The molecule has 1 rings (SSSR count). The maximum Gasteiger partial charge on any atom is 0.308 e. The molecule has 1 aromatic rings. The Morgan fingerprint density at radius 3 is 2.56 bits per heavy atom. The molecule has 0 N–H and O–H groups in total. The highest BCUT2D eigenvalue weighted by molar-refractivity contribution is 5.69. The average molecular weight is 251 g/mol.